The Balaban J connectivity index is 1.80. The molecule has 0 bridgehead atoms. The second kappa shape index (κ2) is 8.41. The summed E-state index contributed by atoms with van der Waals surface area (Å²) in [6.07, 6.45) is 5.18. The fourth-order valence-electron chi connectivity index (χ4n) is 2.61. The minimum atomic E-state index is -0.607. The number of ether oxygens (including phenoxy) is 2. The van der Waals surface area contributed by atoms with Gasteiger partial charge in [0.05, 0.1) is 18.8 Å². The number of hydrogen-bond donors (Lipinski definition) is 0. The zero-order valence-electron chi connectivity index (χ0n) is 14.8. The third-order valence-corrected chi connectivity index (χ3v) is 4.00. The van der Waals surface area contributed by atoms with Gasteiger partial charge in [-0.1, -0.05) is 12.1 Å². The molecule has 1 aliphatic rings. The van der Waals surface area contributed by atoms with E-state index in [1.807, 2.05) is 0 Å². The number of carbonyl (C=O) groups excluding carboxylic acids is 3. The molecule has 0 radical (unpaired) electrons. The number of aromatic nitrogens is 2. The number of amides is 1. The van der Waals surface area contributed by atoms with Crippen LogP contribution < -0.4 is 4.74 Å². The third kappa shape index (κ3) is 4.68. The van der Waals surface area contributed by atoms with Gasteiger partial charge in [0, 0.05) is 25.5 Å². The summed E-state index contributed by atoms with van der Waals surface area (Å²) in [5.74, 6) is -0.358. The van der Waals surface area contributed by atoms with Crippen LogP contribution in [0.3, 0.4) is 0 Å². The van der Waals surface area contributed by atoms with E-state index < -0.39 is 6.09 Å². The van der Waals surface area contributed by atoms with Crippen LogP contribution in [0.5, 0.6) is 5.75 Å². The van der Waals surface area contributed by atoms with Crippen molar-refractivity contribution in [2.45, 2.75) is 6.92 Å². The molecule has 0 aliphatic carbocycles. The monoisotopic (exact) mass is 369 g/mol. The molecule has 1 fully saturated rings. The van der Waals surface area contributed by atoms with E-state index in [9.17, 15) is 14.4 Å². The topological polar surface area (TPSA) is 90.7 Å². The Bertz CT molecular complexity index is 867. The summed E-state index contributed by atoms with van der Waals surface area (Å²) in [6.45, 7) is 3.17. The zero-order valence-corrected chi connectivity index (χ0v) is 14.8. The second-order valence-corrected chi connectivity index (χ2v) is 5.93. The molecule has 8 heteroatoms. The Labute approximate surface area is 156 Å². The van der Waals surface area contributed by atoms with Gasteiger partial charge in [-0.15, -0.1) is 0 Å². The molecule has 1 aromatic heterocycles. The summed E-state index contributed by atoms with van der Waals surface area (Å²) < 4.78 is 11.7. The summed E-state index contributed by atoms with van der Waals surface area (Å²) in [5.41, 5.74) is 0.660. The highest BCUT2D eigenvalue weighted by Gasteiger charge is 2.23. The Morgan fingerprint density at radius 1 is 1.22 bits per heavy atom. The number of rotatable bonds is 4. The van der Waals surface area contributed by atoms with E-state index in [0.29, 0.717) is 37.6 Å². The average molecular weight is 369 g/mol. The number of carbonyl (C=O) groups is 3. The minimum absolute atomic E-state index is 0.0787. The number of morpholine rings is 1. The number of ketones is 1. The van der Waals surface area contributed by atoms with Crippen LogP contribution >= 0.6 is 0 Å². The standard InChI is InChI=1S/C19H19N3O5/c1-14(23)17(18(24)21-7-9-26-10-8-21)12-15-3-2-4-16(11-15)27-19(25)22-6-5-20-13-22/h2-6,11-13H,7-10H2,1H3/b17-12+. The summed E-state index contributed by atoms with van der Waals surface area (Å²) in [7, 11) is 0. The summed E-state index contributed by atoms with van der Waals surface area (Å²) >= 11 is 0. The molecule has 140 valence electrons. The molecule has 0 N–H and O–H groups in total. The first-order chi connectivity index (χ1) is 13.0. The number of Topliss-reactive ketones (excluding diaryl/α,β-unsaturated/α-hetero) is 1. The highest BCUT2D eigenvalue weighted by Crippen LogP contribution is 2.18. The Morgan fingerprint density at radius 3 is 2.67 bits per heavy atom. The van der Waals surface area contributed by atoms with Gasteiger partial charge in [0.2, 0.25) is 0 Å². The van der Waals surface area contributed by atoms with Crippen molar-refractivity contribution < 1.29 is 23.9 Å². The van der Waals surface area contributed by atoms with Crippen molar-refractivity contribution in [1.29, 1.82) is 0 Å². The molecule has 3 rings (SSSR count). The molecule has 1 amide bonds. The van der Waals surface area contributed by atoms with Crippen molar-refractivity contribution in [3.05, 3.63) is 54.1 Å². The van der Waals surface area contributed by atoms with Crippen molar-refractivity contribution in [3.63, 3.8) is 0 Å². The Morgan fingerprint density at radius 2 is 2.00 bits per heavy atom. The fourth-order valence-corrected chi connectivity index (χ4v) is 2.61. The Hall–Kier alpha value is -3.26. The molecular weight excluding hydrogens is 350 g/mol. The summed E-state index contributed by atoms with van der Waals surface area (Å²) in [6, 6.07) is 6.61. The van der Waals surface area contributed by atoms with E-state index in [2.05, 4.69) is 4.98 Å². The van der Waals surface area contributed by atoms with E-state index in [-0.39, 0.29) is 17.3 Å². The highest BCUT2D eigenvalue weighted by molar-refractivity contribution is 6.21. The van der Waals surface area contributed by atoms with Gasteiger partial charge in [-0.2, -0.15) is 0 Å². The smallest absolute Gasteiger partial charge is 0.410 e. The molecule has 27 heavy (non-hydrogen) atoms. The fraction of sp³-hybridized carbons (Fsp3) is 0.263. The highest BCUT2D eigenvalue weighted by atomic mass is 16.6. The predicted octanol–water partition coefficient (Wildman–Crippen LogP) is 1.76. The Kier molecular flexibility index (Phi) is 5.77. The zero-order chi connectivity index (χ0) is 19.2. The van der Waals surface area contributed by atoms with Gasteiger partial charge in [0.1, 0.15) is 12.1 Å². The normalized spacial score (nSPS) is 14.7. The number of nitrogens with zero attached hydrogens (tertiary/aromatic N) is 3. The molecule has 2 heterocycles. The van der Waals surface area contributed by atoms with E-state index in [4.69, 9.17) is 9.47 Å². The first-order valence-electron chi connectivity index (χ1n) is 8.44. The maximum atomic E-state index is 12.6. The summed E-state index contributed by atoms with van der Waals surface area (Å²) in [5, 5.41) is 0. The van der Waals surface area contributed by atoms with Gasteiger partial charge >= 0.3 is 6.09 Å². The molecule has 0 saturated carbocycles. The van der Waals surface area contributed by atoms with Crippen LogP contribution in [0.15, 0.2) is 48.6 Å². The van der Waals surface area contributed by atoms with E-state index in [0.717, 1.165) is 0 Å². The second-order valence-electron chi connectivity index (χ2n) is 5.93. The van der Waals surface area contributed by atoms with Crippen LogP contribution in [-0.2, 0) is 14.3 Å². The third-order valence-electron chi connectivity index (χ3n) is 4.00. The van der Waals surface area contributed by atoms with Gasteiger partial charge in [0.15, 0.2) is 5.78 Å². The molecule has 1 aromatic carbocycles. The van der Waals surface area contributed by atoms with Crippen LogP contribution in [0.1, 0.15) is 12.5 Å². The van der Waals surface area contributed by atoms with Crippen molar-refractivity contribution in [3.8, 4) is 5.75 Å². The number of hydrogen-bond acceptors (Lipinski definition) is 6. The molecule has 0 atom stereocenters. The van der Waals surface area contributed by atoms with Crippen LogP contribution in [0.2, 0.25) is 0 Å². The lowest BCUT2D eigenvalue weighted by atomic mass is 10.1. The van der Waals surface area contributed by atoms with Gasteiger partial charge in [-0.3, -0.25) is 9.59 Å². The van der Waals surface area contributed by atoms with Crippen LogP contribution in [-0.4, -0.2) is 58.5 Å². The predicted molar refractivity (Wildman–Crippen MR) is 96.1 cm³/mol. The summed E-state index contributed by atoms with van der Waals surface area (Å²) in [4.78, 5) is 42.0. The first kappa shape index (κ1) is 18.5. The lowest BCUT2D eigenvalue weighted by molar-refractivity contribution is -0.132. The molecule has 0 unspecified atom stereocenters. The van der Waals surface area contributed by atoms with Crippen LogP contribution in [0, 0.1) is 0 Å². The maximum absolute atomic E-state index is 12.6. The largest absolute Gasteiger partial charge is 0.424 e. The number of benzene rings is 1. The van der Waals surface area contributed by atoms with Gasteiger partial charge in [-0.25, -0.2) is 14.3 Å². The van der Waals surface area contributed by atoms with Crippen molar-refractivity contribution in [1.82, 2.24) is 14.5 Å². The van der Waals surface area contributed by atoms with E-state index >= 15 is 0 Å². The molecule has 1 aliphatic heterocycles. The molecule has 2 aromatic rings. The van der Waals surface area contributed by atoms with E-state index in [1.54, 1.807) is 29.2 Å². The molecular formula is C19H19N3O5. The molecule has 0 spiro atoms. The van der Waals surface area contributed by atoms with Crippen molar-refractivity contribution in [2.24, 2.45) is 0 Å². The SMILES string of the molecule is CC(=O)/C(=C\c1cccc(OC(=O)n2ccnc2)c1)C(=O)N1CCOCC1. The first-order valence-corrected chi connectivity index (χ1v) is 8.44. The van der Waals surface area contributed by atoms with Crippen LogP contribution in [0.25, 0.3) is 6.08 Å². The molecule has 8 nitrogen and oxygen atoms in total. The average Bonchev–Trinajstić information content (AvgIpc) is 3.21. The lowest BCUT2D eigenvalue weighted by Gasteiger charge is -2.27. The maximum Gasteiger partial charge on any atom is 0.424 e. The quantitative estimate of drug-likeness (QED) is 0.463. The number of imidazole rings is 1. The van der Waals surface area contributed by atoms with Crippen molar-refractivity contribution in [2.75, 3.05) is 26.3 Å². The van der Waals surface area contributed by atoms with Gasteiger partial charge < -0.3 is 14.4 Å². The van der Waals surface area contributed by atoms with E-state index in [1.165, 1.54) is 36.3 Å². The van der Waals surface area contributed by atoms with Crippen molar-refractivity contribution >= 4 is 23.9 Å². The minimum Gasteiger partial charge on any atom is -0.410 e. The van der Waals surface area contributed by atoms with Gasteiger partial charge in [0.25, 0.3) is 5.91 Å². The van der Waals surface area contributed by atoms with Crippen LogP contribution in [0.4, 0.5) is 4.79 Å². The lowest BCUT2D eigenvalue weighted by Crippen LogP contribution is -2.42. The van der Waals surface area contributed by atoms with Gasteiger partial charge in [-0.05, 0) is 30.7 Å². The molecule has 1 saturated heterocycles.